The van der Waals surface area contributed by atoms with E-state index in [0.29, 0.717) is 50.0 Å². The maximum atomic E-state index is 13.0. The Morgan fingerprint density at radius 1 is 1.25 bits per heavy atom. The molecular weight excluding hydrogens is 310 g/mol. The standard InChI is InChI=1S/C17H19N3O4/c1-11-9-18-16(19-11)13-10-22-5-4-20(13)17(21)12-2-3-14-15(8-12)24-7-6-23-14/h2-3,8-9,13H,4-7,10H2,1H3,(H,18,19)/t13-/m0/s1. The first-order valence-corrected chi connectivity index (χ1v) is 8.02. The monoisotopic (exact) mass is 329 g/mol. The molecule has 1 fully saturated rings. The topological polar surface area (TPSA) is 76.7 Å². The molecule has 1 amide bonds. The normalized spacial score (nSPS) is 20.0. The highest BCUT2D eigenvalue weighted by atomic mass is 16.6. The van der Waals surface area contributed by atoms with Crippen LogP contribution < -0.4 is 9.47 Å². The molecule has 2 aromatic rings. The van der Waals surface area contributed by atoms with Crippen LogP contribution in [0.3, 0.4) is 0 Å². The summed E-state index contributed by atoms with van der Waals surface area (Å²) in [5.41, 5.74) is 1.54. The van der Waals surface area contributed by atoms with Crippen molar-refractivity contribution >= 4 is 5.91 Å². The van der Waals surface area contributed by atoms with Gasteiger partial charge in [-0.3, -0.25) is 4.79 Å². The molecule has 1 aromatic carbocycles. The van der Waals surface area contributed by atoms with Gasteiger partial charge >= 0.3 is 0 Å². The maximum absolute atomic E-state index is 13.0. The number of morpholine rings is 1. The zero-order chi connectivity index (χ0) is 16.5. The molecule has 1 atom stereocenters. The van der Waals surface area contributed by atoms with Gasteiger partial charge in [0.2, 0.25) is 0 Å². The number of carbonyl (C=O) groups excluding carboxylic acids is 1. The predicted octanol–water partition coefficient (Wildman–Crippen LogP) is 1.70. The highest BCUT2D eigenvalue weighted by molar-refractivity contribution is 5.95. The van der Waals surface area contributed by atoms with Crippen molar-refractivity contribution in [3.63, 3.8) is 0 Å². The summed E-state index contributed by atoms with van der Waals surface area (Å²) in [7, 11) is 0. The van der Waals surface area contributed by atoms with Crippen molar-refractivity contribution in [3.05, 3.63) is 41.5 Å². The molecule has 2 aliphatic rings. The molecule has 0 radical (unpaired) electrons. The number of rotatable bonds is 2. The lowest BCUT2D eigenvalue weighted by atomic mass is 10.1. The number of hydrogen-bond acceptors (Lipinski definition) is 5. The number of aromatic nitrogens is 2. The maximum Gasteiger partial charge on any atom is 0.254 e. The van der Waals surface area contributed by atoms with Crippen molar-refractivity contribution < 1.29 is 19.0 Å². The molecule has 1 aromatic heterocycles. The average Bonchev–Trinajstić information content (AvgIpc) is 3.07. The van der Waals surface area contributed by atoms with E-state index in [0.717, 1.165) is 11.5 Å². The van der Waals surface area contributed by atoms with E-state index < -0.39 is 0 Å². The van der Waals surface area contributed by atoms with Crippen LogP contribution in [0.4, 0.5) is 0 Å². The molecule has 0 spiro atoms. The molecular formula is C17H19N3O4. The summed E-state index contributed by atoms with van der Waals surface area (Å²) in [6.07, 6.45) is 1.76. The van der Waals surface area contributed by atoms with Crippen LogP contribution in [-0.2, 0) is 4.74 Å². The Bertz CT molecular complexity index is 758. The number of imidazole rings is 1. The first-order valence-electron chi connectivity index (χ1n) is 8.02. The number of hydrogen-bond donors (Lipinski definition) is 1. The van der Waals surface area contributed by atoms with Gasteiger partial charge in [-0.1, -0.05) is 0 Å². The summed E-state index contributed by atoms with van der Waals surface area (Å²) in [6.45, 7) is 4.45. The summed E-state index contributed by atoms with van der Waals surface area (Å²) in [5, 5.41) is 0. The van der Waals surface area contributed by atoms with Crippen LogP contribution in [0.1, 0.15) is 27.9 Å². The van der Waals surface area contributed by atoms with Crippen LogP contribution in [0.25, 0.3) is 0 Å². The van der Waals surface area contributed by atoms with Crippen molar-refractivity contribution in [1.29, 1.82) is 0 Å². The number of nitrogens with one attached hydrogen (secondary N) is 1. The summed E-state index contributed by atoms with van der Waals surface area (Å²) in [6, 6.07) is 5.09. The first-order chi connectivity index (χ1) is 11.7. The SMILES string of the molecule is Cc1cnc([C@@H]2COCCN2C(=O)c2ccc3c(c2)OCCO3)[nH]1. The Balaban J connectivity index is 1.62. The first kappa shape index (κ1) is 15.0. The van der Waals surface area contributed by atoms with Crippen LogP contribution in [0, 0.1) is 6.92 Å². The third kappa shape index (κ3) is 2.71. The number of ether oxygens (including phenoxy) is 3. The Kier molecular flexibility index (Phi) is 3.86. The average molecular weight is 329 g/mol. The fourth-order valence-corrected chi connectivity index (χ4v) is 3.02. The molecule has 0 unspecified atom stereocenters. The van der Waals surface area contributed by atoms with Crippen molar-refractivity contribution in [2.45, 2.75) is 13.0 Å². The van der Waals surface area contributed by atoms with Crippen molar-refractivity contribution in [1.82, 2.24) is 14.9 Å². The molecule has 0 aliphatic carbocycles. The second-order valence-corrected chi connectivity index (χ2v) is 5.90. The van der Waals surface area contributed by atoms with E-state index in [1.807, 2.05) is 6.92 Å². The lowest BCUT2D eigenvalue weighted by molar-refractivity contribution is -0.00504. The zero-order valence-electron chi connectivity index (χ0n) is 13.4. The molecule has 0 saturated carbocycles. The van der Waals surface area contributed by atoms with E-state index in [-0.39, 0.29) is 11.9 Å². The zero-order valence-corrected chi connectivity index (χ0v) is 13.4. The van der Waals surface area contributed by atoms with E-state index in [4.69, 9.17) is 14.2 Å². The number of aryl methyl sites for hydroxylation is 1. The van der Waals surface area contributed by atoms with Gasteiger partial charge in [0.05, 0.1) is 13.2 Å². The molecule has 2 aliphatic heterocycles. The van der Waals surface area contributed by atoms with E-state index >= 15 is 0 Å². The van der Waals surface area contributed by atoms with Crippen LogP contribution in [0.2, 0.25) is 0 Å². The predicted molar refractivity (Wildman–Crippen MR) is 85.4 cm³/mol. The second-order valence-electron chi connectivity index (χ2n) is 5.90. The molecule has 4 rings (SSSR count). The number of fused-ring (bicyclic) bond motifs is 1. The fourth-order valence-electron chi connectivity index (χ4n) is 3.02. The van der Waals surface area contributed by atoms with Crippen molar-refractivity contribution in [3.8, 4) is 11.5 Å². The summed E-state index contributed by atoms with van der Waals surface area (Å²) in [4.78, 5) is 22.4. The second kappa shape index (κ2) is 6.16. The minimum absolute atomic E-state index is 0.0608. The lowest BCUT2D eigenvalue weighted by Gasteiger charge is -2.34. The Morgan fingerprint density at radius 3 is 2.88 bits per heavy atom. The van der Waals surface area contributed by atoms with Gasteiger partial charge in [-0.2, -0.15) is 0 Å². The number of H-pyrrole nitrogens is 1. The summed E-state index contributed by atoms with van der Waals surface area (Å²) in [5.74, 6) is 1.98. The number of aromatic amines is 1. The number of amides is 1. The number of benzene rings is 1. The van der Waals surface area contributed by atoms with Gasteiger partial charge in [0, 0.05) is 24.0 Å². The quantitative estimate of drug-likeness (QED) is 0.907. The summed E-state index contributed by atoms with van der Waals surface area (Å²) >= 11 is 0. The number of nitrogens with zero attached hydrogens (tertiary/aromatic N) is 2. The van der Waals surface area contributed by atoms with Crippen LogP contribution in [0.5, 0.6) is 11.5 Å². The van der Waals surface area contributed by atoms with E-state index in [1.54, 1.807) is 29.3 Å². The minimum atomic E-state index is -0.215. The minimum Gasteiger partial charge on any atom is -0.486 e. The van der Waals surface area contributed by atoms with Crippen molar-refractivity contribution in [2.75, 3.05) is 33.0 Å². The van der Waals surface area contributed by atoms with Crippen LogP contribution in [-0.4, -0.2) is 53.7 Å². The van der Waals surface area contributed by atoms with Gasteiger partial charge < -0.3 is 24.1 Å². The van der Waals surface area contributed by atoms with Gasteiger partial charge in [0.1, 0.15) is 25.1 Å². The Morgan fingerprint density at radius 2 is 2.08 bits per heavy atom. The molecule has 24 heavy (non-hydrogen) atoms. The smallest absolute Gasteiger partial charge is 0.254 e. The third-order valence-corrected chi connectivity index (χ3v) is 4.22. The highest BCUT2D eigenvalue weighted by Crippen LogP contribution is 2.32. The number of carbonyl (C=O) groups is 1. The molecule has 3 heterocycles. The van der Waals surface area contributed by atoms with Crippen LogP contribution in [0.15, 0.2) is 24.4 Å². The van der Waals surface area contributed by atoms with Gasteiger partial charge in [-0.15, -0.1) is 0 Å². The van der Waals surface area contributed by atoms with Crippen molar-refractivity contribution in [2.24, 2.45) is 0 Å². The molecule has 126 valence electrons. The van der Waals surface area contributed by atoms with E-state index in [2.05, 4.69) is 9.97 Å². The third-order valence-electron chi connectivity index (χ3n) is 4.22. The van der Waals surface area contributed by atoms with Gasteiger partial charge in [-0.05, 0) is 25.1 Å². The molecule has 7 heteroatoms. The molecule has 0 bridgehead atoms. The van der Waals surface area contributed by atoms with Gasteiger partial charge in [0.15, 0.2) is 11.5 Å². The summed E-state index contributed by atoms with van der Waals surface area (Å²) < 4.78 is 16.6. The van der Waals surface area contributed by atoms with Gasteiger partial charge in [-0.25, -0.2) is 4.98 Å². The van der Waals surface area contributed by atoms with E-state index in [9.17, 15) is 4.79 Å². The Labute approximate surface area is 139 Å². The van der Waals surface area contributed by atoms with Gasteiger partial charge in [0.25, 0.3) is 5.91 Å². The molecule has 1 N–H and O–H groups in total. The van der Waals surface area contributed by atoms with Crippen LogP contribution >= 0.6 is 0 Å². The lowest BCUT2D eigenvalue weighted by Crippen LogP contribution is -2.43. The highest BCUT2D eigenvalue weighted by Gasteiger charge is 2.31. The largest absolute Gasteiger partial charge is 0.486 e. The van der Waals surface area contributed by atoms with E-state index in [1.165, 1.54) is 0 Å². The molecule has 7 nitrogen and oxygen atoms in total. The fraction of sp³-hybridized carbons (Fsp3) is 0.412. The Hall–Kier alpha value is -2.54. The molecule has 1 saturated heterocycles.